The zero-order chi connectivity index (χ0) is 20.9. The first-order valence-corrected chi connectivity index (χ1v) is 10.7. The molecule has 2 aromatic heterocycles. The lowest BCUT2D eigenvalue weighted by Crippen LogP contribution is -2.37. The molecule has 154 valence electrons. The minimum Gasteiger partial charge on any atom is -0.376 e. The van der Waals surface area contributed by atoms with Crippen LogP contribution in [0.1, 0.15) is 25.7 Å². The first kappa shape index (κ1) is 20.5. The predicted octanol–water partition coefficient (Wildman–Crippen LogP) is 4.15. The van der Waals surface area contributed by atoms with E-state index in [9.17, 15) is 9.59 Å². The summed E-state index contributed by atoms with van der Waals surface area (Å²) in [6.45, 7) is 1.41. The van der Waals surface area contributed by atoms with Crippen LogP contribution in [0.5, 0.6) is 0 Å². The number of rotatable bonds is 6. The average Bonchev–Trinajstić information content (AvgIpc) is 3.19. The highest BCUT2D eigenvalue weighted by Crippen LogP contribution is 2.28. The van der Waals surface area contributed by atoms with Crippen LogP contribution in [0.15, 0.2) is 54.9 Å². The number of nitrogens with zero attached hydrogens (tertiary/aromatic N) is 2. The number of halogens is 1. The highest BCUT2D eigenvalue weighted by molar-refractivity contribution is 7.14. The number of aromatic nitrogens is 1. The number of carbonyl (C=O) groups excluding carboxylic acids is 2. The number of ether oxygens (including phenoxy) is 1. The van der Waals surface area contributed by atoms with Crippen molar-refractivity contribution in [3.63, 3.8) is 0 Å². The normalized spacial score (nSPS) is 12.8. The van der Waals surface area contributed by atoms with Crippen LogP contribution in [0.2, 0.25) is 5.02 Å². The fourth-order valence-corrected chi connectivity index (χ4v) is 4.47. The van der Waals surface area contributed by atoms with Gasteiger partial charge in [-0.05, 0) is 47.5 Å². The van der Waals surface area contributed by atoms with E-state index in [1.165, 1.54) is 16.2 Å². The third kappa shape index (κ3) is 5.05. The van der Waals surface area contributed by atoms with Gasteiger partial charge in [-0.3, -0.25) is 14.6 Å². The number of hydrogen-bond acceptors (Lipinski definition) is 5. The van der Waals surface area contributed by atoms with Crippen molar-refractivity contribution in [2.45, 2.75) is 19.6 Å². The molecule has 0 radical (unpaired) electrons. The number of nitrogens with one attached hydrogen (secondary N) is 1. The molecule has 0 spiro atoms. The Balaban J connectivity index is 1.52. The monoisotopic (exact) mass is 441 g/mol. The summed E-state index contributed by atoms with van der Waals surface area (Å²) in [5, 5.41) is 3.41. The zero-order valence-corrected chi connectivity index (χ0v) is 17.7. The van der Waals surface area contributed by atoms with Crippen LogP contribution in [0.3, 0.4) is 0 Å². The topological polar surface area (TPSA) is 71.5 Å². The summed E-state index contributed by atoms with van der Waals surface area (Å²) in [7, 11) is 0. The van der Waals surface area contributed by atoms with Crippen LogP contribution >= 0.6 is 22.9 Å². The van der Waals surface area contributed by atoms with Crippen molar-refractivity contribution < 1.29 is 14.3 Å². The van der Waals surface area contributed by atoms with Gasteiger partial charge in [0.1, 0.15) is 6.54 Å². The van der Waals surface area contributed by atoms with Gasteiger partial charge in [0.05, 0.1) is 18.1 Å². The minimum absolute atomic E-state index is 0.0740. The van der Waals surface area contributed by atoms with Crippen LogP contribution in [0, 0.1) is 0 Å². The quantitative estimate of drug-likeness (QED) is 0.623. The smallest absolute Gasteiger partial charge is 0.264 e. The standard InChI is InChI=1S/C22H20ClN3O3S/c23-17-3-5-18(6-4-17)25-21(27)13-26(12-15-2-1-8-24-11-15)22(28)20-10-16-14-29-9-7-19(16)30-20/h1-6,8,10-11H,7,9,12-14H2,(H,25,27). The van der Waals surface area contributed by atoms with E-state index in [0.717, 1.165) is 17.5 Å². The molecule has 1 aliphatic heterocycles. The van der Waals surface area contributed by atoms with E-state index in [2.05, 4.69) is 10.3 Å². The van der Waals surface area contributed by atoms with Gasteiger partial charge in [-0.25, -0.2) is 0 Å². The zero-order valence-electron chi connectivity index (χ0n) is 16.1. The third-order valence-corrected chi connectivity index (χ3v) is 6.16. The van der Waals surface area contributed by atoms with Crippen molar-refractivity contribution in [1.29, 1.82) is 0 Å². The SMILES string of the molecule is O=C(CN(Cc1cccnc1)C(=O)c1cc2c(s1)CCOC2)Nc1ccc(Cl)cc1. The lowest BCUT2D eigenvalue weighted by atomic mass is 10.2. The summed E-state index contributed by atoms with van der Waals surface area (Å²) >= 11 is 7.38. The molecule has 1 aromatic carbocycles. The van der Waals surface area contributed by atoms with E-state index < -0.39 is 0 Å². The van der Waals surface area contributed by atoms with Crippen molar-refractivity contribution in [2.24, 2.45) is 0 Å². The molecule has 0 saturated carbocycles. The van der Waals surface area contributed by atoms with Gasteiger partial charge >= 0.3 is 0 Å². The fourth-order valence-electron chi connectivity index (χ4n) is 3.23. The molecule has 0 unspecified atom stereocenters. The summed E-state index contributed by atoms with van der Waals surface area (Å²) < 4.78 is 5.48. The summed E-state index contributed by atoms with van der Waals surface area (Å²) in [4.78, 5) is 33.4. The van der Waals surface area contributed by atoms with E-state index in [1.807, 2.05) is 18.2 Å². The molecule has 2 amide bonds. The molecular weight excluding hydrogens is 422 g/mol. The van der Waals surface area contributed by atoms with Gasteiger partial charge in [-0.1, -0.05) is 17.7 Å². The van der Waals surface area contributed by atoms with Crippen LogP contribution in [-0.2, 0) is 29.1 Å². The van der Waals surface area contributed by atoms with Gasteiger partial charge in [0.2, 0.25) is 5.91 Å². The number of carbonyl (C=O) groups is 2. The number of thiophene rings is 1. The average molecular weight is 442 g/mol. The van der Waals surface area contributed by atoms with Gasteiger partial charge in [0, 0.05) is 40.9 Å². The number of amides is 2. The van der Waals surface area contributed by atoms with Crippen molar-refractivity contribution in [1.82, 2.24) is 9.88 Å². The van der Waals surface area contributed by atoms with E-state index in [0.29, 0.717) is 35.3 Å². The van der Waals surface area contributed by atoms with E-state index in [4.69, 9.17) is 16.3 Å². The predicted molar refractivity (Wildman–Crippen MR) is 117 cm³/mol. The van der Waals surface area contributed by atoms with E-state index in [1.54, 1.807) is 41.6 Å². The molecule has 8 heteroatoms. The maximum Gasteiger partial charge on any atom is 0.264 e. The molecule has 0 atom stereocenters. The molecule has 4 rings (SSSR count). The Morgan fingerprint density at radius 2 is 2.07 bits per heavy atom. The summed E-state index contributed by atoms with van der Waals surface area (Å²) in [6.07, 6.45) is 4.19. The highest BCUT2D eigenvalue weighted by Gasteiger charge is 2.24. The highest BCUT2D eigenvalue weighted by atomic mass is 35.5. The van der Waals surface area contributed by atoms with Gasteiger partial charge in [-0.15, -0.1) is 11.3 Å². The Kier molecular flexibility index (Phi) is 6.42. The van der Waals surface area contributed by atoms with Gasteiger partial charge in [0.15, 0.2) is 0 Å². The summed E-state index contributed by atoms with van der Waals surface area (Å²) in [5.74, 6) is -0.455. The first-order chi connectivity index (χ1) is 14.6. The molecule has 30 heavy (non-hydrogen) atoms. The molecule has 0 aliphatic carbocycles. The maximum atomic E-state index is 13.3. The summed E-state index contributed by atoms with van der Waals surface area (Å²) in [5.41, 5.74) is 2.54. The Hall–Kier alpha value is -2.74. The second-order valence-corrected chi connectivity index (χ2v) is 8.51. The lowest BCUT2D eigenvalue weighted by molar-refractivity contribution is -0.117. The van der Waals surface area contributed by atoms with Crippen molar-refractivity contribution in [3.05, 3.63) is 80.8 Å². The minimum atomic E-state index is -0.279. The van der Waals surface area contributed by atoms with Gasteiger partial charge in [0.25, 0.3) is 5.91 Å². The van der Waals surface area contributed by atoms with Crippen LogP contribution in [-0.4, -0.2) is 34.8 Å². The van der Waals surface area contributed by atoms with Crippen molar-refractivity contribution >= 4 is 40.4 Å². The Morgan fingerprint density at radius 3 is 2.80 bits per heavy atom. The molecule has 3 heterocycles. The first-order valence-electron chi connectivity index (χ1n) is 9.51. The number of anilines is 1. The molecular formula is C22H20ClN3O3S. The van der Waals surface area contributed by atoms with Gasteiger partial charge in [-0.2, -0.15) is 0 Å². The van der Waals surface area contributed by atoms with Crippen molar-refractivity contribution in [3.8, 4) is 0 Å². The number of benzene rings is 1. The molecule has 6 nitrogen and oxygen atoms in total. The Morgan fingerprint density at radius 1 is 1.23 bits per heavy atom. The fraction of sp³-hybridized carbons (Fsp3) is 0.227. The number of pyridine rings is 1. The second-order valence-electron chi connectivity index (χ2n) is 6.94. The largest absolute Gasteiger partial charge is 0.376 e. The lowest BCUT2D eigenvalue weighted by Gasteiger charge is -2.21. The Labute approximate surface area is 183 Å². The summed E-state index contributed by atoms with van der Waals surface area (Å²) in [6, 6.07) is 12.4. The van der Waals surface area contributed by atoms with Crippen LogP contribution in [0.25, 0.3) is 0 Å². The van der Waals surface area contributed by atoms with Crippen LogP contribution < -0.4 is 5.32 Å². The molecule has 0 saturated heterocycles. The maximum absolute atomic E-state index is 13.3. The molecule has 1 N–H and O–H groups in total. The third-order valence-electron chi connectivity index (χ3n) is 4.68. The molecule has 0 bridgehead atoms. The number of hydrogen-bond donors (Lipinski definition) is 1. The van der Waals surface area contributed by atoms with E-state index >= 15 is 0 Å². The molecule has 0 fully saturated rings. The van der Waals surface area contributed by atoms with Crippen LogP contribution in [0.4, 0.5) is 5.69 Å². The van der Waals surface area contributed by atoms with Crippen molar-refractivity contribution in [2.75, 3.05) is 18.5 Å². The number of fused-ring (bicyclic) bond motifs is 1. The Bertz CT molecular complexity index is 1010. The molecule has 1 aliphatic rings. The van der Waals surface area contributed by atoms with E-state index in [-0.39, 0.29) is 18.4 Å². The van der Waals surface area contributed by atoms with Gasteiger partial charge < -0.3 is 15.0 Å². The molecule has 3 aromatic rings. The second kappa shape index (κ2) is 9.38.